The number of benzene rings is 1. The molecule has 0 unspecified atom stereocenters. The van der Waals surface area contributed by atoms with E-state index in [4.69, 9.17) is 0 Å². The number of nitrogens with one attached hydrogen (secondary N) is 1. The number of rotatable bonds is 6. The molecule has 0 aromatic heterocycles. The van der Waals surface area contributed by atoms with Gasteiger partial charge >= 0.3 is 0 Å². The molecule has 1 aliphatic carbocycles. The minimum Gasteiger partial charge on any atom is -0.384 e. The first-order valence-electron chi connectivity index (χ1n) is 8.05. The average molecular weight is 273 g/mol. The molecule has 0 spiro atoms. The molecule has 1 aliphatic heterocycles. The molecule has 0 bridgehead atoms. The molecule has 2 aliphatic rings. The van der Waals surface area contributed by atoms with Gasteiger partial charge in [-0.1, -0.05) is 17.7 Å². The van der Waals surface area contributed by atoms with E-state index in [1.807, 2.05) is 0 Å². The van der Waals surface area contributed by atoms with Crippen molar-refractivity contribution >= 4 is 5.69 Å². The fraction of sp³-hybridized carbons (Fsp3) is 0.647. The Balaban J connectivity index is 1.32. The fourth-order valence-electron chi connectivity index (χ4n) is 2.89. The zero-order chi connectivity index (χ0) is 13.8. The molecule has 3 heteroatoms. The molecule has 1 N–H and O–H groups in total. The highest BCUT2D eigenvalue weighted by Crippen LogP contribution is 2.29. The van der Waals surface area contributed by atoms with Crippen molar-refractivity contribution in [3.63, 3.8) is 0 Å². The van der Waals surface area contributed by atoms with Crippen LogP contribution in [0.4, 0.5) is 5.69 Å². The molecule has 0 radical (unpaired) electrons. The normalized spacial score (nSPS) is 21.1. The maximum atomic E-state index is 3.52. The smallest absolute Gasteiger partial charge is 0.0340 e. The topological polar surface area (TPSA) is 18.5 Å². The van der Waals surface area contributed by atoms with Crippen molar-refractivity contribution in [2.24, 2.45) is 5.92 Å². The maximum absolute atomic E-state index is 3.52. The molecule has 2 fully saturated rings. The first-order valence-corrected chi connectivity index (χ1v) is 8.05. The van der Waals surface area contributed by atoms with E-state index >= 15 is 0 Å². The predicted molar refractivity (Wildman–Crippen MR) is 85.3 cm³/mol. The lowest BCUT2D eigenvalue weighted by atomic mass is 10.2. The van der Waals surface area contributed by atoms with Gasteiger partial charge in [-0.05, 0) is 37.8 Å². The van der Waals surface area contributed by atoms with Crippen LogP contribution in [0.5, 0.6) is 0 Å². The van der Waals surface area contributed by atoms with Crippen molar-refractivity contribution in [1.29, 1.82) is 0 Å². The molecule has 3 nitrogen and oxygen atoms in total. The van der Waals surface area contributed by atoms with Crippen molar-refractivity contribution in [3.05, 3.63) is 29.8 Å². The summed E-state index contributed by atoms with van der Waals surface area (Å²) in [6.45, 7) is 10.7. The molecule has 1 heterocycles. The second-order valence-electron chi connectivity index (χ2n) is 6.38. The van der Waals surface area contributed by atoms with E-state index in [1.165, 1.54) is 56.8 Å². The second-order valence-corrected chi connectivity index (χ2v) is 6.38. The van der Waals surface area contributed by atoms with Crippen LogP contribution >= 0.6 is 0 Å². The van der Waals surface area contributed by atoms with E-state index in [1.54, 1.807) is 0 Å². The molecule has 0 atom stereocenters. The molecule has 3 rings (SSSR count). The third-order valence-corrected chi connectivity index (χ3v) is 4.49. The zero-order valence-corrected chi connectivity index (χ0v) is 12.6. The van der Waals surface area contributed by atoms with E-state index in [-0.39, 0.29) is 0 Å². The quantitative estimate of drug-likeness (QED) is 0.859. The van der Waals surface area contributed by atoms with Gasteiger partial charge in [-0.15, -0.1) is 0 Å². The van der Waals surface area contributed by atoms with Crippen LogP contribution in [0.15, 0.2) is 24.3 Å². The number of anilines is 1. The zero-order valence-electron chi connectivity index (χ0n) is 12.6. The van der Waals surface area contributed by atoms with Crippen molar-refractivity contribution in [3.8, 4) is 0 Å². The van der Waals surface area contributed by atoms with Crippen LogP contribution in [0.25, 0.3) is 0 Å². The van der Waals surface area contributed by atoms with Crippen LogP contribution < -0.4 is 5.32 Å². The Morgan fingerprint density at radius 2 is 1.65 bits per heavy atom. The average Bonchev–Trinajstić information content (AvgIpc) is 3.27. The van der Waals surface area contributed by atoms with Crippen LogP contribution in [0.2, 0.25) is 0 Å². The van der Waals surface area contributed by atoms with Crippen LogP contribution in [-0.2, 0) is 0 Å². The SMILES string of the molecule is Cc1ccc(NCCN2CCN(CC3CC3)CC2)cc1. The molecule has 0 amide bonds. The van der Waals surface area contributed by atoms with E-state index in [2.05, 4.69) is 46.3 Å². The number of aryl methyl sites for hydroxylation is 1. The van der Waals surface area contributed by atoms with Gasteiger partial charge in [0.25, 0.3) is 0 Å². The van der Waals surface area contributed by atoms with E-state index in [9.17, 15) is 0 Å². The van der Waals surface area contributed by atoms with Crippen molar-refractivity contribution < 1.29 is 0 Å². The van der Waals surface area contributed by atoms with Crippen molar-refractivity contribution in [2.45, 2.75) is 19.8 Å². The molecule has 1 aromatic rings. The van der Waals surface area contributed by atoms with Gasteiger partial charge in [0.05, 0.1) is 0 Å². The summed E-state index contributed by atoms with van der Waals surface area (Å²) in [5, 5.41) is 3.52. The Morgan fingerprint density at radius 1 is 1.00 bits per heavy atom. The van der Waals surface area contributed by atoms with Crippen LogP contribution in [0.1, 0.15) is 18.4 Å². The minimum atomic E-state index is 1.03. The molecule has 110 valence electrons. The first kappa shape index (κ1) is 13.9. The number of nitrogens with zero attached hydrogens (tertiary/aromatic N) is 2. The fourth-order valence-corrected chi connectivity index (χ4v) is 2.89. The second kappa shape index (κ2) is 6.59. The van der Waals surface area contributed by atoms with Gasteiger partial charge in [0.15, 0.2) is 0 Å². The van der Waals surface area contributed by atoms with Gasteiger partial charge < -0.3 is 10.2 Å². The summed E-state index contributed by atoms with van der Waals surface area (Å²) in [4.78, 5) is 5.24. The number of piperazine rings is 1. The van der Waals surface area contributed by atoms with Gasteiger partial charge in [0.1, 0.15) is 0 Å². The minimum absolute atomic E-state index is 1.03. The van der Waals surface area contributed by atoms with E-state index < -0.39 is 0 Å². The van der Waals surface area contributed by atoms with Gasteiger partial charge in [0, 0.05) is 51.5 Å². The van der Waals surface area contributed by atoms with Crippen molar-refractivity contribution in [1.82, 2.24) is 9.80 Å². The highest BCUT2D eigenvalue weighted by Gasteiger charge is 2.26. The lowest BCUT2D eigenvalue weighted by Gasteiger charge is -2.34. The Morgan fingerprint density at radius 3 is 2.30 bits per heavy atom. The number of hydrogen-bond acceptors (Lipinski definition) is 3. The summed E-state index contributed by atoms with van der Waals surface area (Å²) in [6, 6.07) is 8.67. The Bertz CT molecular complexity index is 403. The molecular formula is C17H27N3. The number of hydrogen-bond donors (Lipinski definition) is 1. The predicted octanol–water partition coefficient (Wildman–Crippen LogP) is 2.43. The van der Waals surface area contributed by atoms with Crippen LogP contribution in [0, 0.1) is 12.8 Å². The van der Waals surface area contributed by atoms with Gasteiger partial charge in [-0.25, -0.2) is 0 Å². The highest BCUT2D eigenvalue weighted by atomic mass is 15.3. The summed E-state index contributed by atoms with van der Waals surface area (Å²) in [5.74, 6) is 1.03. The molecule has 1 saturated carbocycles. The van der Waals surface area contributed by atoms with Crippen molar-refractivity contribution in [2.75, 3.05) is 51.1 Å². The maximum Gasteiger partial charge on any atom is 0.0340 e. The summed E-state index contributed by atoms with van der Waals surface area (Å²) in [5.41, 5.74) is 2.56. The summed E-state index contributed by atoms with van der Waals surface area (Å²) in [6.07, 6.45) is 2.95. The van der Waals surface area contributed by atoms with Gasteiger partial charge in [-0.3, -0.25) is 4.90 Å². The lowest BCUT2D eigenvalue weighted by molar-refractivity contribution is 0.132. The standard InChI is InChI=1S/C17H27N3/c1-15-2-6-17(7-3-15)18-8-9-19-10-12-20(13-11-19)14-16-4-5-16/h2-3,6-7,16,18H,4-5,8-14H2,1H3. The molecule has 20 heavy (non-hydrogen) atoms. The highest BCUT2D eigenvalue weighted by molar-refractivity contribution is 5.44. The first-order chi connectivity index (χ1) is 9.79. The molecule has 1 aromatic carbocycles. The summed E-state index contributed by atoms with van der Waals surface area (Å²) in [7, 11) is 0. The Hall–Kier alpha value is -1.06. The Labute approximate surface area is 123 Å². The Kier molecular flexibility index (Phi) is 4.58. The third-order valence-electron chi connectivity index (χ3n) is 4.49. The van der Waals surface area contributed by atoms with E-state index in [0.717, 1.165) is 19.0 Å². The molecule has 1 saturated heterocycles. The van der Waals surface area contributed by atoms with Gasteiger partial charge in [0.2, 0.25) is 0 Å². The van der Waals surface area contributed by atoms with Gasteiger partial charge in [-0.2, -0.15) is 0 Å². The summed E-state index contributed by atoms with van der Waals surface area (Å²) < 4.78 is 0. The van der Waals surface area contributed by atoms with Crippen LogP contribution in [0.3, 0.4) is 0 Å². The third kappa shape index (κ3) is 4.22. The largest absolute Gasteiger partial charge is 0.384 e. The monoisotopic (exact) mass is 273 g/mol. The lowest BCUT2D eigenvalue weighted by Crippen LogP contribution is -2.48. The van der Waals surface area contributed by atoms with E-state index in [0.29, 0.717) is 0 Å². The van der Waals surface area contributed by atoms with Crippen LogP contribution in [-0.4, -0.2) is 55.6 Å². The summed E-state index contributed by atoms with van der Waals surface area (Å²) >= 11 is 0. The molecular weight excluding hydrogens is 246 g/mol.